The van der Waals surface area contributed by atoms with E-state index in [1.807, 2.05) is 6.07 Å². The van der Waals surface area contributed by atoms with Crippen molar-refractivity contribution in [2.75, 3.05) is 0 Å². The van der Waals surface area contributed by atoms with E-state index in [-0.39, 0.29) is 30.5 Å². The van der Waals surface area contributed by atoms with Crippen molar-refractivity contribution in [3.05, 3.63) is 75.0 Å². The molecule has 2 aromatic carbocycles. The molecule has 1 aliphatic rings. The van der Waals surface area contributed by atoms with Crippen molar-refractivity contribution >= 4 is 28.4 Å². The molecule has 1 N–H and O–H groups in total. The molecule has 0 radical (unpaired) electrons. The number of nitrogens with zero attached hydrogens (tertiary/aromatic N) is 2. The lowest BCUT2D eigenvalue weighted by atomic mass is 10.1. The van der Waals surface area contributed by atoms with Crippen molar-refractivity contribution in [3.8, 4) is 0 Å². The molecule has 7 heteroatoms. The van der Waals surface area contributed by atoms with Crippen LogP contribution in [-0.2, 0) is 17.8 Å². The molecule has 1 fully saturated rings. The zero-order valence-electron chi connectivity index (χ0n) is 15.1. The van der Waals surface area contributed by atoms with Crippen LogP contribution < -0.4 is 5.56 Å². The molecule has 144 valence electrons. The average Bonchev–Trinajstić information content (AvgIpc) is 3.51. The standard InChI is InChI=1S/C21H19ClFN3O2/c22-16-5-3-6-17(23)15(16)12-26(13-8-9-13)20(27)11-10-19-24-18-7-2-1-4-14(18)21(28)25-19/h1-7,13H,8-12H2,(H,24,25,28). The zero-order chi connectivity index (χ0) is 19.7. The molecule has 1 amide bonds. The SMILES string of the molecule is O=C(CCc1nc2ccccc2c(=O)[nH]1)N(Cc1c(F)cccc1Cl)C1CC1. The molecule has 3 aromatic rings. The Kier molecular flexibility index (Phi) is 5.13. The van der Waals surface area contributed by atoms with Crippen LogP contribution in [0.15, 0.2) is 47.3 Å². The molecule has 0 spiro atoms. The summed E-state index contributed by atoms with van der Waals surface area (Å²) in [6.07, 6.45) is 2.31. The first kappa shape index (κ1) is 18.6. The van der Waals surface area contributed by atoms with Crippen LogP contribution in [0.4, 0.5) is 4.39 Å². The van der Waals surface area contributed by atoms with E-state index in [0.29, 0.717) is 33.7 Å². The van der Waals surface area contributed by atoms with Crippen LogP contribution in [0.2, 0.25) is 5.02 Å². The Balaban J connectivity index is 1.49. The zero-order valence-corrected chi connectivity index (χ0v) is 15.9. The fraction of sp³-hybridized carbons (Fsp3) is 0.286. The number of aromatic amines is 1. The van der Waals surface area contributed by atoms with Crippen molar-refractivity contribution in [1.82, 2.24) is 14.9 Å². The van der Waals surface area contributed by atoms with Gasteiger partial charge in [0.2, 0.25) is 5.91 Å². The number of hydrogen-bond donors (Lipinski definition) is 1. The molecule has 0 atom stereocenters. The van der Waals surface area contributed by atoms with Gasteiger partial charge in [0.25, 0.3) is 5.56 Å². The summed E-state index contributed by atoms with van der Waals surface area (Å²) in [5, 5.41) is 0.838. The van der Waals surface area contributed by atoms with Gasteiger partial charge in [0.05, 0.1) is 17.4 Å². The first-order chi connectivity index (χ1) is 13.5. The van der Waals surface area contributed by atoms with E-state index in [9.17, 15) is 14.0 Å². The Morgan fingerprint density at radius 3 is 2.75 bits per heavy atom. The molecule has 1 heterocycles. The lowest BCUT2D eigenvalue weighted by Crippen LogP contribution is -2.33. The molecule has 0 aliphatic heterocycles. The summed E-state index contributed by atoms with van der Waals surface area (Å²) in [7, 11) is 0. The second kappa shape index (κ2) is 7.72. The number of rotatable bonds is 6. The van der Waals surface area contributed by atoms with Gasteiger partial charge in [-0.05, 0) is 37.1 Å². The first-order valence-corrected chi connectivity index (χ1v) is 9.61. The highest BCUT2D eigenvalue weighted by molar-refractivity contribution is 6.31. The van der Waals surface area contributed by atoms with E-state index in [1.165, 1.54) is 6.07 Å². The molecule has 0 unspecified atom stereocenters. The van der Waals surface area contributed by atoms with E-state index < -0.39 is 5.82 Å². The van der Waals surface area contributed by atoms with Gasteiger partial charge in [-0.2, -0.15) is 0 Å². The highest BCUT2D eigenvalue weighted by atomic mass is 35.5. The minimum Gasteiger partial charge on any atom is -0.335 e. The maximum atomic E-state index is 14.1. The third-order valence-electron chi connectivity index (χ3n) is 4.94. The summed E-state index contributed by atoms with van der Waals surface area (Å²) in [6.45, 7) is 0.149. The molecule has 1 saturated carbocycles. The summed E-state index contributed by atoms with van der Waals surface area (Å²) in [5.74, 6) is -0.0409. The summed E-state index contributed by atoms with van der Waals surface area (Å²) in [5.41, 5.74) is 0.720. The van der Waals surface area contributed by atoms with Gasteiger partial charge in [-0.15, -0.1) is 0 Å². The maximum absolute atomic E-state index is 14.1. The van der Waals surface area contributed by atoms with Gasteiger partial charge in [-0.25, -0.2) is 9.37 Å². The molecule has 0 saturated heterocycles. The number of para-hydroxylation sites is 1. The molecule has 5 nitrogen and oxygen atoms in total. The Hall–Kier alpha value is -2.73. The van der Waals surface area contributed by atoms with E-state index in [2.05, 4.69) is 9.97 Å². The largest absolute Gasteiger partial charge is 0.335 e. The molecule has 1 aliphatic carbocycles. The molecule has 28 heavy (non-hydrogen) atoms. The van der Waals surface area contributed by atoms with Gasteiger partial charge in [0.15, 0.2) is 0 Å². The van der Waals surface area contributed by atoms with Crippen LogP contribution in [0.25, 0.3) is 10.9 Å². The normalized spacial score (nSPS) is 13.6. The molecule has 4 rings (SSSR count). The van der Waals surface area contributed by atoms with Crippen LogP contribution in [0.5, 0.6) is 0 Å². The third kappa shape index (κ3) is 3.92. The van der Waals surface area contributed by atoms with Crippen LogP contribution in [0, 0.1) is 5.82 Å². The summed E-state index contributed by atoms with van der Waals surface area (Å²) in [6, 6.07) is 11.7. The summed E-state index contributed by atoms with van der Waals surface area (Å²) >= 11 is 6.12. The summed E-state index contributed by atoms with van der Waals surface area (Å²) < 4.78 is 14.1. The van der Waals surface area contributed by atoms with Crippen molar-refractivity contribution in [2.24, 2.45) is 0 Å². The van der Waals surface area contributed by atoms with Gasteiger partial charge in [-0.3, -0.25) is 9.59 Å². The number of H-pyrrole nitrogens is 1. The lowest BCUT2D eigenvalue weighted by Gasteiger charge is -2.23. The van der Waals surface area contributed by atoms with Crippen LogP contribution in [-0.4, -0.2) is 26.8 Å². The fourth-order valence-corrected chi connectivity index (χ4v) is 3.51. The number of halogens is 2. The summed E-state index contributed by atoms with van der Waals surface area (Å²) in [4.78, 5) is 33.8. The van der Waals surface area contributed by atoms with E-state index in [1.54, 1.807) is 35.2 Å². The Bertz CT molecular complexity index is 1070. The van der Waals surface area contributed by atoms with Gasteiger partial charge < -0.3 is 9.88 Å². The smallest absolute Gasteiger partial charge is 0.258 e. The number of aromatic nitrogens is 2. The highest BCUT2D eigenvalue weighted by Crippen LogP contribution is 2.31. The van der Waals surface area contributed by atoms with Crippen molar-refractivity contribution in [3.63, 3.8) is 0 Å². The predicted molar refractivity (Wildman–Crippen MR) is 106 cm³/mol. The maximum Gasteiger partial charge on any atom is 0.258 e. The number of amides is 1. The number of carbonyl (C=O) groups excluding carboxylic acids is 1. The Labute approximate surface area is 166 Å². The minimum absolute atomic E-state index is 0.0994. The molecule has 0 bridgehead atoms. The highest BCUT2D eigenvalue weighted by Gasteiger charge is 2.33. The van der Waals surface area contributed by atoms with Gasteiger partial charge >= 0.3 is 0 Å². The first-order valence-electron chi connectivity index (χ1n) is 9.23. The van der Waals surface area contributed by atoms with Crippen molar-refractivity contribution < 1.29 is 9.18 Å². The number of nitrogens with one attached hydrogen (secondary N) is 1. The van der Waals surface area contributed by atoms with E-state index >= 15 is 0 Å². The van der Waals surface area contributed by atoms with Crippen LogP contribution >= 0.6 is 11.6 Å². The number of benzene rings is 2. The predicted octanol–water partition coefficient (Wildman–Crippen LogP) is 3.84. The van der Waals surface area contributed by atoms with Crippen LogP contribution in [0.3, 0.4) is 0 Å². The van der Waals surface area contributed by atoms with Gasteiger partial charge in [0.1, 0.15) is 11.6 Å². The average molecular weight is 400 g/mol. The quantitative estimate of drug-likeness (QED) is 0.684. The number of aryl methyl sites for hydroxylation is 1. The monoisotopic (exact) mass is 399 g/mol. The second-order valence-corrected chi connectivity index (χ2v) is 7.39. The van der Waals surface area contributed by atoms with Crippen LogP contribution in [0.1, 0.15) is 30.7 Å². The van der Waals surface area contributed by atoms with Crippen molar-refractivity contribution in [2.45, 2.75) is 38.3 Å². The Morgan fingerprint density at radius 1 is 1.21 bits per heavy atom. The molecular formula is C21H19ClFN3O2. The molecular weight excluding hydrogens is 381 g/mol. The van der Waals surface area contributed by atoms with Gasteiger partial charge in [0, 0.05) is 29.5 Å². The third-order valence-corrected chi connectivity index (χ3v) is 5.29. The van der Waals surface area contributed by atoms with E-state index in [0.717, 1.165) is 12.8 Å². The number of hydrogen-bond acceptors (Lipinski definition) is 3. The molecule has 1 aromatic heterocycles. The van der Waals surface area contributed by atoms with Crippen molar-refractivity contribution in [1.29, 1.82) is 0 Å². The fourth-order valence-electron chi connectivity index (χ4n) is 3.28. The minimum atomic E-state index is -0.411. The van der Waals surface area contributed by atoms with E-state index in [4.69, 9.17) is 11.6 Å². The lowest BCUT2D eigenvalue weighted by molar-refractivity contribution is -0.132. The number of fused-ring (bicyclic) bond motifs is 1. The second-order valence-electron chi connectivity index (χ2n) is 6.98. The Morgan fingerprint density at radius 2 is 2.00 bits per heavy atom. The van der Waals surface area contributed by atoms with Gasteiger partial charge in [-0.1, -0.05) is 29.8 Å². The number of carbonyl (C=O) groups is 1. The topological polar surface area (TPSA) is 66.1 Å².